The number of anilines is 1. The van der Waals surface area contributed by atoms with Gasteiger partial charge in [-0.05, 0) is 42.5 Å². The molecule has 1 amide bonds. The number of amides is 1. The lowest BCUT2D eigenvalue weighted by atomic mass is 10.1. The fraction of sp³-hybridized carbons (Fsp3) is 0.278. The second-order valence-electron chi connectivity index (χ2n) is 6.13. The molecule has 0 spiro atoms. The first kappa shape index (κ1) is 15.1. The van der Waals surface area contributed by atoms with E-state index in [4.69, 9.17) is 4.52 Å². The van der Waals surface area contributed by atoms with Crippen molar-refractivity contribution < 1.29 is 9.32 Å². The van der Waals surface area contributed by atoms with Crippen molar-refractivity contribution in [2.45, 2.75) is 26.2 Å². The number of aryl methyl sites for hydroxylation is 2. The van der Waals surface area contributed by atoms with Crippen molar-refractivity contribution >= 4 is 22.9 Å². The van der Waals surface area contributed by atoms with Gasteiger partial charge in [-0.1, -0.05) is 23.4 Å². The third-order valence-corrected chi connectivity index (χ3v) is 5.18. The first-order chi connectivity index (χ1) is 11.6. The smallest absolute Gasteiger partial charge is 0.267 e. The third kappa shape index (κ3) is 2.63. The number of rotatable bonds is 3. The number of carbonyl (C=O) groups is 1. The maximum absolute atomic E-state index is 12.5. The van der Waals surface area contributed by atoms with Gasteiger partial charge in [0.05, 0.1) is 4.88 Å². The normalized spacial score (nSPS) is 17.7. The van der Waals surface area contributed by atoms with Gasteiger partial charge < -0.3 is 9.42 Å². The van der Waals surface area contributed by atoms with Crippen molar-refractivity contribution in [3.8, 4) is 10.8 Å². The molecule has 0 bridgehead atoms. The summed E-state index contributed by atoms with van der Waals surface area (Å²) in [4.78, 5) is 19.8. The summed E-state index contributed by atoms with van der Waals surface area (Å²) in [6.07, 6.45) is 0.413. The van der Waals surface area contributed by atoms with Crippen molar-refractivity contribution in [1.29, 1.82) is 0 Å². The van der Waals surface area contributed by atoms with Gasteiger partial charge in [-0.25, -0.2) is 0 Å². The zero-order valence-corrected chi connectivity index (χ0v) is 14.3. The Kier molecular flexibility index (Phi) is 3.69. The van der Waals surface area contributed by atoms with Crippen LogP contribution in [0.1, 0.15) is 29.3 Å². The first-order valence-electron chi connectivity index (χ1n) is 7.87. The molecule has 5 nitrogen and oxygen atoms in total. The molecule has 2 aromatic heterocycles. The molecule has 3 aromatic rings. The van der Waals surface area contributed by atoms with Gasteiger partial charge in [0.25, 0.3) is 5.89 Å². The third-order valence-electron chi connectivity index (χ3n) is 4.32. The van der Waals surface area contributed by atoms with Gasteiger partial charge in [-0.3, -0.25) is 4.79 Å². The molecule has 1 aliphatic heterocycles. The van der Waals surface area contributed by atoms with Crippen LogP contribution in [-0.4, -0.2) is 22.6 Å². The zero-order valence-electron chi connectivity index (χ0n) is 13.5. The molecule has 1 aliphatic rings. The van der Waals surface area contributed by atoms with Crippen LogP contribution in [0.5, 0.6) is 0 Å². The highest BCUT2D eigenvalue weighted by molar-refractivity contribution is 7.13. The molecular weight excluding hydrogens is 322 g/mol. The lowest BCUT2D eigenvalue weighted by molar-refractivity contribution is -0.117. The predicted molar refractivity (Wildman–Crippen MR) is 93.2 cm³/mol. The minimum absolute atomic E-state index is 0.0325. The summed E-state index contributed by atoms with van der Waals surface area (Å²) in [7, 11) is 0. The number of aromatic nitrogens is 2. The molecule has 1 fully saturated rings. The number of benzene rings is 1. The summed E-state index contributed by atoms with van der Waals surface area (Å²) in [5, 5.41) is 6.07. The highest BCUT2D eigenvalue weighted by Gasteiger charge is 2.35. The van der Waals surface area contributed by atoms with Crippen LogP contribution in [0.2, 0.25) is 0 Å². The van der Waals surface area contributed by atoms with E-state index >= 15 is 0 Å². The van der Waals surface area contributed by atoms with Crippen molar-refractivity contribution in [3.05, 3.63) is 52.7 Å². The second kappa shape index (κ2) is 5.87. The van der Waals surface area contributed by atoms with E-state index in [1.807, 2.05) is 36.3 Å². The molecule has 3 heterocycles. The second-order valence-corrected chi connectivity index (χ2v) is 7.08. The SMILES string of the molecule is Cc1ccc(C)c(N2CC(c3noc(-c4cccs4)n3)CC2=O)c1. The topological polar surface area (TPSA) is 59.2 Å². The maximum Gasteiger partial charge on any atom is 0.267 e. The van der Waals surface area contributed by atoms with Crippen LogP contribution in [0.4, 0.5) is 5.69 Å². The maximum atomic E-state index is 12.5. The number of hydrogen-bond acceptors (Lipinski definition) is 5. The first-order valence-corrected chi connectivity index (χ1v) is 8.75. The van der Waals surface area contributed by atoms with Crippen molar-refractivity contribution in [2.75, 3.05) is 11.4 Å². The number of hydrogen-bond donors (Lipinski definition) is 0. The Morgan fingerprint density at radius 3 is 2.96 bits per heavy atom. The van der Waals surface area contributed by atoms with Gasteiger partial charge in [0.2, 0.25) is 5.91 Å². The molecule has 0 saturated carbocycles. The van der Waals surface area contributed by atoms with E-state index in [0.29, 0.717) is 24.7 Å². The summed E-state index contributed by atoms with van der Waals surface area (Å²) < 4.78 is 5.36. The Labute approximate surface area is 143 Å². The number of thiophene rings is 1. The fourth-order valence-electron chi connectivity index (χ4n) is 3.02. The van der Waals surface area contributed by atoms with E-state index in [-0.39, 0.29) is 11.8 Å². The van der Waals surface area contributed by atoms with Gasteiger partial charge in [0.15, 0.2) is 5.82 Å². The van der Waals surface area contributed by atoms with E-state index in [2.05, 4.69) is 28.3 Å². The Morgan fingerprint density at radius 1 is 1.29 bits per heavy atom. The summed E-state index contributed by atoms with van der Waals surface area (Å²) >= 11 is 1.56. The summed E-state index contributed by atoms with van der Waals surface area (Å²) in [6, 6.07) is 10.1. The molecule has 1 saturated heterocycles. The monoisotopic (exact) mass is 339 g/mol. The van der Waals surface area contributed by atoms with Gasteiger partial charge in [0.1, 0.15) is 0 Å². The average Bonchev–Trinajstić information content (AvgIpc) is 3.28. The van der Waals surface area contributed by atoms with E-state index < -0.39 is 0 Å². The number of carbonyl (C=O) groups excluding carboxylic acids is 1. The summed E-state index contributed by atoms with van der Waals surface area (Å²) in [5.74, 6) is 1.21. The highest BCUT2D eigenvalue weighted by atomic mass is 32.1. The molecule has 122 valence electrons. The minimum atomic E-state index is -0.0325. The highest BCUT2D eigenvalue weighted by Crippen LogP contribution is 2.33. The molecule has 0 radical (unpaired) electrons. The molecule has 1 unspecified atom stereocenters. The van der Waals surface area contributed by atoms with Crippen LogP contribution < -0.4 is 4.90 Å². The van der Waals surface area contributed by atoms with Crippen molar-refractivity contribution in [1.82, 2.24) is 10.1 Å². The molecule has 1 aromatic carbocycles. The summed E-state index contributed by atoms with van der Waals surface area (Å²) in [6.45, 7) is 4.65. The van der Waals surface area contributed by atoms with E-state index in [0.717, 1.165) is 21.7 Å². The molecule has 1 atom stereocenters. The van der Waals surface area contributed by atoms with Crippen molar-refractivity contribution in [2.24, 2.45) is 0 Å². The average molecular weight is 339 g/mol. The standard InChI is InChI=1S/C18H17N3O2S/c1-11-5-6-12(2)14(8-11)21-10-13(9-16(21)22)17-19-18(23-20-17)15-4-3-7-24-15/h3-8,13H,9-10H2,1-2H3. The Balaban J connectivity index is 1.59. The van der Waals surface area contributed by atoms with Crippen LogP contribution in [0.15, 0.2) is 40.2 Å². The lowest BCUT2D eigenvalue weighted by Crippen LogP contribution is -2.25. The quantitative estimate of drug-likeness (QED) is 0.725. The molecule has 24 heavy (non-hydrogen) atoms. The Hall–Kier alpha value is -2.47. The van der Waals surface area contributed by atoms with Crippen LogP contribution in [0.25, 0.3) is 10.8 Å². The fourth-order valence-corrected chi connectivity index (χ4v) is 3.67. The predicted octanol–water partition coefficient (Wildman–Crippen LogP) is 3.94. The van der Waals surface area contributed by atoms with Crippen molar-refractivity contribution in [3.63, 3.8) is 0 Å². The van der Waals surface area contributed by atoms with Gasteiger partial charge in [0, 0.05) is 24.6 Å². The minimum Gasteiger partial charge on any atom is -0.333 e. The Morgan fingerprint density at radius 2 is 2.17 bits per heavy atom. The lowest BCUT2D eigenvalue weighted by Gasteiger charge is -2.19. The van der Waals surface area contributed by atoms with E-state index in [1.165, 1.54) is 0 Å². The molecule has 6 heteroatoms. The summed E-state index contributed by atoms with van der Waals surface area (Å²) in [5.41, 5.74) is 3.22. The van der Waals surface area contributed by atoms with Crippen LogP contribution >= 0.6 is 11.3 Å². The molecule has 0 N–H and O–H groups in total. The molecular formula is C18H17N3O2S. The van der Waals surface area contributed by atoms with Crippen LogP contribution in [0, 0.1) is 13.8 Å². The van der Waals surface area contributed by atoms with Gasteiger partial charge >= 0.3 is 0 Å². The zero-order chi connectivity index (χ0) is 16.7. The van der Waals surface area contributed by atoms with E-state index in [9.17, 15) is 4.79 Å². The molecule has 4 rings (SSSR count). The van der Waals surface area contributed by atoms with Gasteiger partial charge in [-0.15, -0.1) is 11.3 Å². The van der Waals surface area contributed by atoms with Crippen LogP contribution in [0.3, 0.4) is 0 Å². The van der Waals surface area contributed by atoms with Crippen LogP contribution in [-0.2, 0) is 4.79 Å². The number of nitrogens with zero attached hydrogens (tertiary/aromatic N) is 3. The van der Waals surface area contributed by atoms with E-state index in [1.54, 1.807) is 11.3 Å². The Bertz CT molecular complexity index is 886. The van der Waals surface area contributed by atoms with Gasteiger partial charge in [-0.2, -0.15) is 4.98 Å². The largest absolute Gasteiger partial charge is 0.333 e. The molecule has 0 aliphatic carbocycles.